The first kappa shape index (κ1) is 26.2. The van der Waals surface area contributed by atoms with Gasteiger partial charge in [0.05, 0.1) is 6.04 Å². The summed E-state index contributed by atoms with van der Waals surface area (Å²) in [4.78, 5) is 28.3. The van der Waals surface area contributed by atoms with Crippen LogP contribution in [-0.2, 0) is 17.8 Å². The zero-order valence-electron chi connectivity index (χ0n) is 22.1. The number of aryl methyl sites for hydroxylation is 1. The molecule has 1 N–H and O–H groups in total. The van der Waals surface area contributed by atoms with E-state index in [0.717, 1.165) is 28.7 Å². The van der Waals surface area contributed by atoms with Crippen LogP contribution in [0.4, 0.5) is 4.39 Å². The smallest absolute Gasteiger partial charge is 0.261 e. The molecule has 0 radical (unpaired) electrons. The molecule has 5 nitrogen and oxygen atoms in total. The van der Waals surface area contributed by atoms with Gasteiger partial charge in [-0.2, -0.15) is 0 Å². The highest BCUT2D eigenvalue weighted by Gasteiger charge is 2.33. The number of fused-ring (bicyclic) bond motifs is 1. The molecule has 198 valence electrons. The molecule has 2 atom stereocenters. The van der Waals surface area contributed by atoms with Gasteiger partial charge in [-0.1, -0.05) is 66.2 Å². The maximum atomic E-state index is 13.7. The van der Waals surface area contributed by atoms with Gasteiger partial charge >= 0.3 is 0 Å². The monoisotopic (exact) mass is 522 g/mol. The fraction of sp³-hybridized carbons (Fsp3) is 0.212. The molecule has 1 aliphatic rings. The number of hydrogen-bond donors (Lipinski definition) is 1. The third kappa shape index (κ3) is 6.01. The summed E-state index contributed by atoms with van der Waals surface area (Å²) >= 11 is 0. The Kier molecular flexibility index (Phi) is 7.73. The third-order valence-electron chi connectivity index (χ3n) is 7.02. The number of halogens is 1. The molecule has 4 aromatic rings. The molecule has 4 aromatic carbocycles. The number of nitrogens with one attached hydrogen (secondary N) is 1. The molecule has 0 saturated heterocycles. The minimum atomic E-state index is -0.764. The van der Waals surface area contributed by atoms with Crippen LogP contribution in [0.3, 0.4) is 0 Å². The number of carbonyl (C=O) groups is 2. The van der Waals surface area contributed by atoms with E-state index in [2.05, 4.69) is 11.4 Å². The Hall–Kier alpha value is -4.45. The van der Waals surface area contributed by atoms with Crippen molar-refractivity contribution in [2.45, 2.75) is 39.0 Å². The fourth-order valence-electron chi connectivity index (χ4n) is 5.07. The number of benzene rings is 4. The lowest BCUT2D eigenvalue weighted by Gasteiger charge is -2.38. The Balaban J connectivity index is 1.40. The quantitative estimate of drug-likeness (QED) is 0.324. The number of nitrogens with zero attached hydrogens (tertiary/aromatic N) is 1. The molecule has 0 bridgehead atoms. The van der Waals surface area contributed by atoms with E-state index in [1.54, 1.807) is 19.1 Å². The zero-order valence-corrected chi connectivity index (χ0v) is 22.1. The second-order valence-electron chi connectivity index (χ2n) is 9.90. The normalized spacial score (nSPS) is 15.3. The molecular weight excluding hydrogens is 491 g/mol. The number of carbonyl (C=O) groups excluding carboxylic acids is 2. The van der Waals surface area contributed by atoms with Crippen molar-refractivity contribution in [3.8, 4) is 5.75 Å². The number of hydrogen-bond acceptors (Lipinski definition) is 3. The molecule has 0 unspecified atom stereocenters. The Labute approximate surface area is 228 Å². The van der Waals surface area contributed by atoms with Crippen molar-refractivity contribution in [1.82, 2.24) is 10.2 Å². The van der Waals surface area contributed by atoms with E-state index in [9.17, 15) is 14.0 Å². The average Bonchev–Trinajstić information content (AvgIpc) is 2.95. The Morgan fingerprint density at radius 3 is 2.54 bits per heavy atom. The van der Waals surface area contributed by atoms with Gasteiger partial charge in [-0.3, -0.25) is 9.59 Å². The molecule has 0 fully saturated rings. The zero-order chi connectivity index (χ0) is 27.4. The highest BCUT2D eigenvalue weighted by atomic mass is 19.1. The molecule has 0 aliphatic carbocycles. The van der Waals surface area contributed by atoms with Crippen molar-refractivity contribution in [1.29, 1.82) is 0 Å². The van der Waals surface area contributed by atoms with Crippen LogP contribution in [0.2, 0.25) is 0 Å². The summed E-state index contributed by atoms with van der Waals surface area (Å²) in [6, 6.07) is 29.2. The molecule has 6 heteroatoms. The fourth-order valence-corrected chi connectivity index (χ4v) is 5.07. The van der Waals surface area contributed by atoms with Gasteiger partial charge in [-0.25, -0.2) is 4.39 Å². The Morgan fingerprint density at radius 2 is 1.77 bits per heavy atom. The minimum Gasteiger partial charge on any atom is -0.481 e. The molecule has 5 rings (SSSR count). The van der Waals surface area contributed by atoms with Gasteiger partial charge in [0.15, 0.2) is 6.10 Å². The molecule has 2 amide bonds. The van der Waals surface area contributed by atoms with Crippen molar-refractivity contribution in [3.05, 3.63) is 136 Å². The summed E-state index contributed by atoms with van der Waals surface area (Å²) in [6.07, 6.45) is -0.0418. The van der Waals surface area contributed by atoms with Gasteiger partial charge in [-0.15, -0.1) is 0 Å². The molecule has 0 aromatic heterocycles. The molecule has 39 heavy (non-hydrogen) atoms. The average molecular weight is 523 g/mol. The summed E-state index contributed by atoms with van der Waals surface area (Å²) in [6.45, 7) is 4.53. The van der Waals surface area contributed by atoms with Gasteiger partial charge in [0.25, 0.3) is 11.8 Å². The second kappa shape index (κ2) is 11.5. The summed E-state index contributed by atoms with van der Waals surface area (Å²) in [7, 11) is 0. The SMILES string of the molecule is Cc1cccc([C@H]2c3cc(O[C@H](C)C(=O)NCc4cccc(F)c4)ccc3CCN2C(=O)c2ccccc2)c1. The molecular formula is C33H31FN2O3. The summed E-state index contributed by atoms with van der Waals surface area (Å²) < 4.78 is 19.5. The van der Waals surface area contributed by atoms with Crippen molar-refractivity contribution in [3.63, 3.8) is 0 Å². The highest BCUT2D eigenvalue weighted by molar-refractivity contribution is 5.95. The van der Waals surface area contributed by atoms with Crippen LogP contribution in [-0.4, -0.2) is 29.4 Å². The summed E-state index contributed by atoms with van der Waals surface area (Å²) in [5, 5.41) is 2.81. The first-order valence-electron chi connectivity index (χ1n) is 13.1. The predicted molar refractivity (Wildman–Crippen MR) is 149 cm³/mol. The van der Waals surface area contributed by atoms with Crippen LogP contribution in [0.15, 0.2) is 97.1 Å². The number of rotatable bonds is 7. The van der Waals surface area contributed by atoms with E-state index in [1.807, 2.05) is 78.6 Å². The second-order valence-corrected chi connectivity index (χ2v) is 9.90. The third-order valence-corrected chi connectivity index (χ3v) is 7.02. The van der Waals surface area contributed by atoms with E-state index in [-0.39, 0.29) is 30.2 Å². The summed E-state index contributed by atoms with van der Waals surface area (Å²) in [5.74, 6) is -0.117. The molecule has 1 heterocycles. The molecule has 0 saturated carbocycles. The van der Waals surface area contributed by atoms with Gasteiger partial charge in [0.1, 0.15) is 11.6 Å². The largest absolute Gasteiger partial charge is 0.481 e. The van der Waals surface area contributed by atoms with E-state index in [1.165, 1.54) is 12.1 Å². The van der Waals surface area contributed by atoms with Crippen molar-refractivity contribution >= 4 is 11.8 Å². The lowest BCUT2D eigenvalue weighted by Crippen LogP contribution is -2.40. The number of amides is 2. The van der Waals surface area contributed by atoms with Crippen LogP contribution >= 0.6 is 0 Å². The van der Waals surface area contributed by atoms with Crippen molar-refractivity contribution in [2.75, 3.05) is 6.54 Å². The molecule has 0 spiro atoms. The van der Waals surface area contributed by atoms with E-state index >= 15 is 0 Å². The van der Waals surface area contributed by atoms with Crippen molar-refractivity contribution in [2.24, 2.45) is 0 Å². The first-order valence-corrected chi connectivity index (χ1v) is 13.1. The van der Waals surface area contributed by atoms with E-state index in [4.69, 9.17) is 4.74 Å². The predicted octanol–water partition coefficient (Wildman–Crippen LogP) is 6.01. The van der Waals surface area contributed by atoms with Gasteiger partial charge in [-0.05, 0) is 78.9 Å². The van der Waals surface area contributed by atoms with Gasteiger partial charge in [0.2, 0.25) is 0 Å². The van der Waals surface area contributed by atoms with Crippen LogP contribution in [0, 0.1) is 12.7 Å². The standard InChI is InChI=1S/C33H31FN2O3/c1-22-8-6-12-27(18-22)31-30-20-29(39-23(2)32(37)35-21-24-9-7-13-28(34)19-24)15-14-25(30)16-17-36(31)33(38)26-10-4-3-5-11-26/h3-15,18-20,23,31H,16-17,21H2,1-2H3,(H,35,37)/t23-,31+/m1/s1. The minimum absolute atomic E-state index is 0.0239. The van der Waals surface area contributed by atoms with Crippen LogP contribution in [0.5, 0.6) is 5.75 Å². The Morgan fingerprint density at radius 1 is 0.974 bits per heavy atom. The highest BCUT2D eigenvalue weighted by Crippen LogP contribution is 2.38. The van der Waals surface area contributed by atoms with Crippen LogP contribution in [0.1, 0.15) is 51.1 Å². The van der Waals surface area contributed by atoms with E-state index < -0.39 is 6.10 Å². The van der Waals surface area contributed by atoms with Gasteiger partial charge in [0, 0.05) is 18.7 Å². The number of ether oxygens (including phenoxy) is 1. The lowest BCUT2D eigenvalue weighted by atomic mass is 9.87. The first-order chi connectivity index (χ1) is 18.9. The van der Waals surface area contributed by atoms with Crippen LogP contribution in [0.25, 0.3) is 0 Å². The topological polar surface area (TPSA) is 58.6 Å². The van der Waals surface area contributed by atoms with E-state index in [0.29, 0.717) is 23.4 Å². The summed E-state index contributed by atoms with van der Waals surface area (Å²) in [5.41, 5.74) is 5.60. The van der Waals surface area contributed by atoms with Crippen molar-refractivity contribution < 1.29 is 18.7 Å². The van der Waals surface area contributed by atoms with Crippen LogP contribution < -0.4 is 10.1 Å². The molecule has 1 aliphatic heterocycles. The lowest BCUT2D eigenvalue weighted by molar-refractivity contribution is -0.127. The van der Waals surface area contributed by atoms with Gasteiger partial charge < -0.3 is 15.0 Å². The Bertz CT molecular complexity index is 1490. The maximum Gasteiger partial charge on any atom is 0.261 e. The maximum absolute atomic E-state index is 13.7.